The molecule has 0 aliphatic heterocycles. The minimum atomic E-state index is -0.432. The second-order valence-corrected chi connectivity index (χ2v) is 6.23. The molecule has 0 bridgehead atoms. The number of nitrogens with one attached hydrogen (secondary N) is 1. The van der Waals surface area contributed by atoms with E-state index in [1.54, 1.807) is 48.5 Å². The van der Waals surface area contributed by atoms with Gasteiger partial charge in [0.15, 0.2) is 5.76 Å². The van der Waals surface area contributed by atoms with Gasteiger partial charge in [-0.15, -0.1) is 0 Å². The molecule has 7 heteroatoms. The summed E-state index contributed by atoms with van der Waals surface area (Å²) in [6, 6.07) is 13.1. The third kappa shape index (κ3) is 3.51. The average molecular weight is 382 g/mol. The number of hydrogen-bond donors (Lipinski definition) is 2. The molecular weight excluding hydrogens is 371 g/mol. The van der Waals surface area contributed by atoms with Crippen LogP contribution in [-0.2, 0) is 0 Å². The highest BCUT2D eigenvalue weighted by Crippen LogP contribution is 2.32. The van der Waals surface area contributed by atoms with E-state index in [1.807, 2.05) is 0 Å². The Labute approximate surface area is 153 Å². The van der Waals surface area contributed by atoms with Gasteiger partial charge in [-0.25, -0.2) is 0 Å². The van der Waals surface area contributed by atoms with Gasteiger partial charge in [0, 0.05) is 16.3 Å². The third-order valence-corrected chi connectivity index (χ3v) is 4.13. The molecule has 4 nitrogen and oxygen atoms in total. The van der Waals surface area contributed by atoms with E-state index < -0.39 is 5.91 Å². The molecule has 3 N–H and O–H groups in total. The van der Waals surface area contributed by atoms with Crippen molar-refractivity contribution in [3.05, 3.63) is 69.4 Å². The zero-order valence-electron chi connectivity index (χ0n) is 12.1. The SMILES string of the molecule is Nc1ccc(NC(=O)c2ccc(-c3ccc(Cl)cc3Cl)o2)c(Cl)c1. The van der Waals surface area contributed by atoms with Crippen molar-refractivity contribution in [3.8, 4) is 11.3 Å². The monoisotopic (exact) mass is 380 g/mol. The fourth-order valence-electron chi connectivity index (χ4n) is 2.11. The average Bonchev–Trinajstić information content (AvgIpc) is 3.00. The summed E-state index contributed by atoms with van der Waals surface area (Å²) in [5, 5.41) is 3.97. The van der Waals surface area contributed by atoms with Gasteiger partial charge in [-0.05, 0) is 48.5 Å². The number of carbonyl (C=O) groups is 1. The van der Waals surface area contributed by atoms with E-state index in [9.17, 15) is 4.79 Å². The van der Waals surface area contributed by atoms with Crippen LogP contribution in [-0.4, -0.2) is 5.91 Å². The number of rotatable bonds is 3. The molecule has 24 heavy (non-hydrogen) atoms. The van der Waals surface area contributed by atoms with E-state index in [2.05, 4.69) is 5.32 Å². The Balaban J connectivity index is 1.83. The third-order valence-electron chi connectivity index (χ3n) is 3.27. The molecule has 1 aromatic heterocycles. The quantitative estimate of drug-likeness (QED) is 0.568. The molecule has 0 fully saturated rings. The number of anilines is 2. The van der Waals surface area contributed by atoms with Crippen molar-refractivity contribution < 1.29 is 9.21 Å². The second kappa shape index (κ2) is 6.77. The van der Waals surface area contributed by atoms with E-state index in [-0.39, 0.29) is 5.76 Å². The standard InChI is InChI=1S/C17H11Cl3N2O2/c18-9-1-3-11(12(19)7-9)15-5-6-16(24-15)17(23)22-14-4-2-10(21)8-13(14)20/h1-8H,21H2,(H,22,23). The molecule has 2 aromatic carbocycles. The van der Waals surface area contributed by atoms with Gasteiger partial charge in [-0.1, -0.05) is 34.8 Å². The molecule has 0 atom stereocenters. The van der Waals surface area contributed by atoms with Gasteiger partial charge in [0.2, 0.25) is 0 Å². The number of nitrogens with two attached hydrogens (primary N) is 1. The first-order chi connectivity index (χ1) is 11.4. The van der Waals surface area contributed by atoms with Crippen LogP contribution < -0.4 is 11.1 Å². The minimum Gasteiger partial charge on any atom is -0.451 e. The Morgan fingerprint density at radius 3 is 2.46 bits per heavy atom. The smallest absolute Gasteiger partial charge is 0.291 e. The lowest BCUT2D eigenvalue weighted by Gasteiger charge is -2.06. The lowest BCUT2D eigenvalue weighted by Crippen LogP contribution is -2.11. The van der Waals surface area contributed by atoms with Gasteiger partial charge in [0.25, 0.3) is 5.91 Å². The lowest BCUT2D eigenvalue weighted by molar-refractivity contribution is 0.0997. The summed E-state index contributed by atoms with van der Waals surface area (Å²) in [5.74, 6) is 0.159. The van der Waals surface area contributed by atoms with Crippen LogP contribution in [0.4, 0.5) is 11.4 Å². The highest BCUT2D eigenvalue weighted by molar-refractivity contribution is 6.36. The number of nitrogen functional groups attached to an aromatic ring is 1. The second-order valence-electron chi connectivity index (χ2n) is 4.98. The number of benzene rings is 2. The Morgan fingerprint density at radius 2 is 1.75 bits per heavy atom. The molecule has 0 saturated carbocycles. The van der Waals surface area contributed by atoms with Crippen LogP contribution in [0.2, 0.25) is 15.1 Å². The number of hydrogen-bond acceptors (Lipinski definition) is 3. The number of amides is 1. The van der Waals surface area contributed by atoms with Crippen molar-refractivity contribution in [2.45, 2.75) is 0 Å². The predicted molar refractivity (Wildman–Crippen MR) is 98.0 cm³/mol. The first-order valence-electron chi connectivity index (χ1n) is 6.85. The van der Waals surface area contributed by atoms with Crippen LogP contribution in [0.25, 0.3) is 11.3 Å². The van der Waals surface area contributed by atoms with E-state index in [0.717, 1.165) is 0 Å². The molecule has 3 rings (SSSR count). The summed E-state index contributed by atoms with van der Waals surface area (Å²) in [7, 11) is 0. The number of furan rings is 1. The molecule has 0 aliphatic carbocycles. The summed E-state index contributed by atoms with van der Waals surface area (Å²) in [6.07, 6.45) is 0. The lowest BCUT2D eigenvalue weighted by atomic mass is 10.2. The van der Waals surface area contributed by atoms with Gasteiger partial charge in [-0.3, -0.25) is 4.79 Å². The van der Waals surface area contributed by atoms with E-state index >= 15 is 0 Å². The van der Waals surface area contributed by atoms with E-state index in [0.29, 0.717) is 37.8 Å². The molecule has 1 amide bonds. The van der Waals surface area contributed by atoms with E-state index in [1.165, 1.54) is 0 Å². The molecule has 0 spiro atoms. The van der Waals surface area contributed by atoms with Gasteiger partial charge < -0.3 is 15.5 Å². The van der Waals surface area contributed by atoms with Gasteiger partial charge in [0.05, 0.1) is 15.7 Å². The summed E-state index contributed by atoms with van der Waals surface area (Å²) >= 11 is 18.1. The minimum absolute atomic E-state index is 0.129. The van der Waals surface area contributed by atoms with Crippen LogP contribution in [0.5, 0.6) is 0 Å². The van der Waals surface area contributed by atoms with E-state index in [4.69, 9.17) is 45.0 Å². The maximum Gasteiger partial charge on any atom is 0.291 e. The fraction of sp³-hybridized carbons (Fsp3) is 0. The maximum absolute atomic E-state index is 12.3. The highest BCUT2D eigenvalue weighted by atomic mass is 35.5. The number of halogens is 3. The van der Waals surface area contributed by atoms with Gasteiger partial charge in [-0.2, -0.15) is 0 Å². The predicted octanol–water partition coefficient (Wildman–Crippen LogP) is 5.74. The summed E-state index contributed by atoms with van der Waals surface area (Å²) < 4.78 is 5.58. The molecular formula is C17H11Cl3N2O2. The normalized spacial score (nSPS) is 10.6. The van der Waals surface area contributed by atoms with Crippen molar-refractivity contribution in [3.63, 3.8) is 0 Å². The summed E-state index contributed by atoms with van der Waals surface area (Å²) in [5.41, 5.74) is 7.22. The largest absolute Gasteiger partial charge is 0.451 e. The Morgan fingerprint density at radius 1 is 0.958 bits per heavy atom. The number of carbonyl (C=O) groups excluding carboxylic acids is 1. The first-order valence-corrected chi connectivity index (χ1v) is 7.99. The molecule has 0 radical (unpaired) electrons. The zero-order valence-corrected chi connectivity index (χ0v) is 14.4. The molecule has 0 unspecified atom stereocenters. The van der Waals surface area contributed by atoms with Crippen molar-refractivity contribution in [1.82, 2.24) is 0 Å². The Kier molecular flexibility index (Phi) is 4.71. The van der Waals surface area contributed by atoms with Crippen LogP contribution in [0.3, 0.4) is 0 Å². The molecule has 0 aliphatic rings. The van der Waals surface area contributed by atoms with Crippen LogP contribution in [0.1, 0.15) is 10.6 Å². The summed E-state index contributed by atoms with van der Waals surface area (Å²) in [6.45, 7) is 0. The molecule has 3 aromatic rings. The van der Waals surface area contributed by atoms with Crippen molar-refractivity contribution in [1.29, 1.82) is 0 Å². The topological polar surface area (TPSA) is 68.3 Å². The van der Waals surface area contributed by atoms with Crippen LogP contribution in [0.15, 0.2) is 52.9 Å². The Bertz CT molecular complexity index is 922. The molecule has 122 valence electrons. The van der Waals surface area contributed by atoms with Gasteiger partial charge in [0.1, 0.15) is 5.76 Å². The van der Waals surface area contributed by atoms with Crippen molar-refractivity contribution >= 4 is 52.1 Å². The zero-order chi connectivity index (χ0) is 17.3. The van der Waals surface area contributed by atoms with Gasteiger partial charge >= 0.3 is 0 Å². The first kappa shape index (κ1) is 16.7. The maximum atomic E-state index is 12.3. The molecule has 0 saturated heterocycles. The molecule has 1 heterocycles. The fourth-order valence-corrected chi connectivity index (χ4v) is 2.85. The van der Waals surface area contributed by atoms with Crippen LogP contribution >= 0.6 is 34.8 Å². The van der Waals surface area contributed by atoms with Crippen molar-refractivity contribution in [2.75, 3.05) is 11.1 Å². The van der Waals surface area contributed by atoms with Crippen molar-refractivity contribution in [2.24, 2.45) is 0 Å². The highest BCUT2D eigenvalue weighted by Gasteiger charge is 2.15. The Hall–Kier alpha value is -2.14. The van der Waals surface area contributed by atoms with Crippen LogP contribution in [0, 0.1) is 0 Å². The summed E-state index contributed by atoms with van der Waals surface area (Å²) in [4.78, 5) is 12.3.